The largest absolute Gasteiger partial charge is 0.399 e. The number of hydrogen-bond acceptors (Lipinski definition) is 3. The molecule has 0 bridgehead atoms. The minimum Gasteiger partial charge on any atom is -0.399 e. The maximum absolute atomic E-state index is 12.0. The van der Waals surface area contributed by atoms with Gasteiger partial charge in [0.2, 0.25) is 5.91 Å². The summed E-state index contributed by atoms with van der Waals surface area (Å²) in [4.78, 5) is 12.3. The van der Waals surface area contributed by atoms with E-state index in [1.165, 1.54) is 0 Å². The van der Waals surface area contributed by atoms with Crippen LogP contribution in [0.15, 0.2) is 53.4 Å². The summed E-state index contributed by atoms with van der Waals surface area (Å²) in [5.74, 6) is -0.445. The zero-order chi connectivity index (χ0) is 14.5. The van der Waals surface area contributed by atoms with Crippen molar-refractivity contribution in [2.75, 3.05) is 16.8 Å². The van der Waals surface area contributed by atoms with Crippen LogP contribution in [0.5, 0.6) is 0 Å². The standard InChI is InChI=1S/C14H13ClN2O2S/c15-10-4-6-12(7-5-10)17-14(18)9-20(19)13-3-1-2-11(16)8-13/h1-8H,9,16H2,(H,17,18). The van der Waals surface area contributed by atoms with Crippen LogP contribution in [0.3, 0.4) is 0 Å². The molecule has 0 aliphatic rings. The molecule has 0 saturated carbocycles. The molecule has 104 valence electrons. The Morgan fingerprint density at radius 2 is 1.90 bits per heavy atom. The third kappa shape index (κ3) is 4.08. The lowest BCUT2D eigenvalue weighted by molar-refractivity contribution is -0.113. The van der Waals surface area contributed by atoms with Crippen LogP contribution in [0, 0.1) is 0 Å². The average molecular weight is 309 g/mol. The van der Waals surface area contributed by atoms with E-state index in [0.717, 1.165) is 0 Å². The number of nitrogens with two attached hydrogens (primary N) is 1. The number of amides is 1. The van der Waals surface area contributed by atoms with E-state index < -0.39 is 10.8 Å². The van der Waals surface area contributed by atoms with Crippen molar-refractivity contribution in [1.29, 1.82) is 0 Å². The summed E-state index contributed by atoms with van der Waals surface area (Å²) in [6.45, 7) is 0. The molecule has 0 fully saturated rings. The Balaban J connectivity index is 1.97. The van der Waals surface area contributed by atoms with Gasteiger partial charge in [-0.25, -0.2) is 0 Å². The smallest absolute Gasteiger partial charge is 0.237 e. The van der Waals surface area contributed by atoms with E-state index >= 15 is 0 Å². The molecule has 0 spiro atoms. The molecule has 0 saturated heterocycles. The van der Waals surface area contributed by atoms with Crippen LogP contribution in [-0.2, 0) is 15.6 Å². The monoisotopic (exact) mass is 308 g/mol. The lowest BCUT2D eigenvalue weighted by atomic mass is 10.3. The number of nitrogens with one attached hydrogen (secondary N) is 1. The van der Waals surface area contributed by atoms with Gasteiger partial charge in [0.05, 0.1) is 10.8 Å². The van der Waals surface area contributed by atoms with Gasteiger partial charge in [-0.05, 0) is 42.5 Å². The number of halogens is 1. The molecule has 0 radical (unpaired) electrons. The van der Waals surface area contributed by atoms with Crippen LogP contribution in [0.2, 0.25) is 5.02 Å². The van der Waals surface area contributed by atoms with E-state index in [-0.39, 0.29) is 11.7 Å². The zero-order valence-electron chi connectivity index (χ0n) is 10.5. The molecular formula is C14H13ClN2O2S. The van der Waals surface area contributed by atoms with Crippen LogP contribution in [0.4, 0.5) is 11.4 Å². The maximum Gasteiger partial charge on any atom is 0.237 e. The van der Waals surface area contributed by atoms with Crippen LogP contribution in [0.1, 0.15) is 0 Å². The molecule has 1 amide bonds. The Kier molecular flexibility index (Phi) is 4.76. The number of anilines is 2. The lowest BCUT2D eigenvalue weighted by Crippen LogP contribution is -2.19. The Morgan fingerprint density at radius 1 is 1.20 bits per heavy atom. The van der Waals surface area contributed by atoms with Gasteiger partial charge in [0.1, 0.15) is 5.75 Å². The lowest BCUT2D eigenvalue weighted by Gasteiger charge is -2.06. The highest BCUT2D eigenvalue weighted by atomic mass is 35.5. The summed E-state index contributed by atoms with van der Waals surface area (Å²) in [5.41, 5.74) is 6.75. The van der Waals surface area contributed by atoms with Crippen molar-refractivity contribution in [3.63, 3.8) is 0 Å². The topological polar surface area (TPSA) is 72.2 Å². The third-order valence-corrected chi connectivity index (χ3v) is 4.07. The van der Waals surface area contributed by atoms with Gasteiger partial charge in [-0.1, -0.05) is 17.7 Å². The molecule has 20 heavy (non-hydrogen) atoms. The SMILES string of the molecule is Nc1cccc(S(=O)CC(=O)Nc2ccc(Cl)cc2)c1. The third-order valence-electron chi connectivity index (χ3n) is 2.51. The highest BCUT2D eigenvalue weighted by molar-refractivity contribution is 7.85. The van der Waals surface area contributed by atoms with E-state index in [0.29, 0.717) is 21.3 Å². The Labute approximate surface area is 124 Å². The molecule has 2 aromatic rings. The molecule has 4 nitrogen and oxygen atoms in total. The predicted molar refractivity (Wildman–Crippen MR) is 82.2 cm³/mol. The van der Waals surface area contributed by atoms with Crippen molar-refractivity contribution in [3.05, 3.63) is 53.6 Å². The molecule has 1 atom stereocenters. The second-order valence-corrected chi connectivity index (χ2v) is 6.00. The van der Waals surface area contributed by atoms with Crippen molar-refractivity contribution in [2.24, 2.45) is 0 Å². The molecular weight excluding hydrogens is 296 g/mol. The number of benzene rings is 2. The summed E-state index contributed by atoms with van der Waals surface area (Å²) in [6, 6.07) is 13.4. The second kappa shape index (κ2) is 6.54. The van der Waals surface area contributed by atoms with E-state index in [2.05, 4.69) is 5.32 Å². The minimum atomic E-state index is -1.42. The summed E-state index contributed by atoms with van der Waals surface area (Å²) >= 11 is 5.75. The molecule has 0 heterocycles. The maximum atomic E-state index is 12.0. The Hall–Kier alpha value is -1.85. The van der Waals surface area contributed by atoms with Crippen molar-refractivity contribution >= 4 is 39.7 Å². The number of carbonyl (C=O) groups excluding carboxylic acids is 1. The summed E-state index contributed by atoms with van der Waals surface area (Å²) in [7, 11) is -1.42. The first-order chi connectivity index (χ1) is 9.54. The van der Waals surface area contributed by atoms with Crippen molar-refractivity contribution in [1.82, 2.24) is 0 Å². The van der Waals surface area contributed by atoms with Gasteiger partial charge < -0.3 is 11.1 Å². The van der Waals surface area contributed by atoms with Crippen molar-refractivity contribution in [3.8, 4) is 0 Å². The van der Waals surface area contributed by atoms with E-state index in [9.17, 15) is 9.00 Å². The molecule has 2 rings (SSSR count). The van der Waals surface area contributed by atoms with Crippen LogP contribution >= 0.6 is 11.6 Å². The van der Waals surface area contributed by atoms with Gasteiger partial charge in [0, 0.05) is 21.3 Å². The van der Waals surface area contributed by atoms with Crippen molar-refractivity contribution < 1.29 is 9.00 Å². The first kappa shape index (κ1) is 14.6. The molecule has 6 heteroatoms. The molecule has 0 aliphatic heterocycles. The Bertz CT molecular complexity index is 644. The average Bonchev–Trinajstić information content (AvgIpc) is 2.41. The van der Waals surface area contributed by atoms with Crippen LogP contribution < -0.4 is 11.1 Å². The van der Waals surface area contributed by atoms with Crippen LogP contribution in [-0.4, -0.2) is 15.9 Å². The first-order valence-corrected chi connectivity index (χ1v) is 7.53. The number of hydrogen-bond donors (Lipinski definition) is 2. The zero-order valence-corrected chi connectivity index (χ0v) is 12.1. The summed E-state index contributed by atoms with van der Waals surface area (Å²) in [6.07, 6.45) is 0. The Morgan fingerprint density at radius 3 is 2.55 bits per heavy atom. The van der Waals surface area contributed by atoms with E-state index in [4.69, 9.17) is 17.3 Å². The van der Waals surface area contributed by atoms with E-state index in [1.54, 1.807) is 48.5 Å². The minimum absolute atomic E-state index is 0.119. The van der Waals surface area contributed by atoms with Gasteiger partial charge in [-0.2, -0.15) is 0 Å². The normalized spacial score (nSPS) is 11.8. The van der Waals surface area contributed by atoms with Gasteiger partial charge in [0.15, 0.2) is 0 Å². The predicted octanol–water partition coefficient (Wildman–Crippen LogP) is 2.67. The highest BCUT2D eigenvalue weighted by Crippen LogP contribution is 2.14. The fourth-order valence-corrected chi connectivity index (χ4v) is 2.69. The first-order valence-electron chi connectivity index (χ1n) is 5.84. The van der Waals surface area contributed by atoms with Gasteiger partial charge >= 0.3 is 0 Å². The van der Waals surface area contributed by atoms with Crippen molar-refractivity contribution in [2.45, 2.75) is 4.90 Å². The van der Waals surface area contributed by atoms with E-state index in [1.807, 2.05) is 0 Å². The summed E-state index contributed by atoms with van der Waals surface area (Å²) in [5, 5.41) is 3.25. The fourth-order valence-electron chi connectivity index (χ4n) is 1.59. The number of carbonyl (C=O) groups is 1. The van der Waals surface area contributed by atoms with Gasteiger partial charge in [-0.3, -0.25) is 9.00 Å². The molecule has 3 N–H and O–H groups in total. The van der Waals surface area contributed by atoms with Gasteiger partial charge in [-0.15, -0.1) is 0 Å². The summed E-state index contributed by atoms with van der Waals surface area (Å²) < 4.78 is 12.0. The second-order valence-electron chi connectivity index (χ2n) is 4.12. The molecule has 0 aromatic heterocycles. The molecule has 1 unspecified atom stereocenters. The fraction of sp³-hybridized carbons (Fsp3) is 0.0714. The highest BCUT2D eigenvalue weighted by Gasteiger charge is 2.10. The quantitative estimate of drug-likeness (QED) is 0.853. The molecule has 0 aliphatic carbocycles. The molecule has 2 aromatic carbocycles. The van der Waals surface area contributed by atoms with Gasteiger partial charge in [0.25, 0.3) is 0 Å². The van der Waals surface area contributed by atoms with Crippen LogP contribution in [0.25, 0.3) is 0 Å². The number of nitrogen functional groups attached to an aromatic ring is 1. The number of rotatable bonds is 4.